The molecule has 0 saturated carbocycles. The van der Waals surface area contributed by atoms with Gasteiger partial charge in [0, 0.05) is 34.0 Å². The molecule has 0 amide bonds. The lowest BCUT2D eigenvalue weighted by atomic mass is 9.99. The Bertz CT molecular complexity index is 215. The van der Waals surface area contributed by atoms with Crippen LogP contribution in [0.3, 0.4) is 0 Å². The van der Waals surface area contributed by atoms with Gasteiger partial charge in [-0.25, -0.2) is 0 Å². The normalized spacial score (nSPS) is 18.7. The van der Waals surface area contributed by atoms with E-state index in [1.54, 1.807) is 21.3 Å². The minimum Gasteiger partial charge on any atom is -0.377 e. The maximum absolute atomic E-state index is 5.90. The molecule has 5 nitrogen and oxygen atoms in total. The Balaban J connectivity index is 2.14. The Hall–Kier alpha value is 0.0169. The van der Waals surface area contributed by atoms with Gasteiger partial charge in [0.1, 0.15) is 5.60 Å². The highest BCUT2D eigenvalue weighted by Gasteiger charge is 2.38. The lowest BCUT2D eigenvalue weighted by Crippen LogP contribution is -2.51. The van der Waals surface area contributed by atoms with E-state index in [0.29, 0.717) is 0 Å². The highest BCUT2D eigenvalue weighted by Crippen LogP contribution is 2.26. The predicted molar refractivity (Wildman–Crippen MR) is 70.6 cm³/mol. The van der Waals surface area contributed by atoms with Gasteiger partial charge in [-0.15, -0.1) is 0 Å². The summed E-state index contributed by atoms with van der Waals surface area (Å²) in [6.45, 7) is 4.37. The molecule has 6 heteroatoms. The summed E-state index contributed by atoms with van der Waals surface area (Å²) in [6, 6.07) is 0.829. The van der Waals surface area contributed by atoms with E-state index in [2.05, 4.69) is 6.92 Å². The molecule has 0 bridgehead atoms. The minimum atomic E-state index is -2.40. The van der Waals surface area contributed by atoms with Crippen molar-refractivity contribution in [2.75, 3.05) is 41.2 Å². The van der Waals surface area contributed by atoms with Crippen LogP contribution >= 0.6 is 0 Å². The molecule has 18 heavy (non-hydrogen) atoms. The van der Waals surface area contributed by atoms with Crippen molar-refractivity contribution in [3.63, 3.8) is 0 Å². The molecule has 1 heterocycles. The van der Waals surface area contributed by atoms with E-state index in [-0.39, 0.29) is 5.60 Å². The zero-order valence-corrected chi connectivity index (χ0v) is 13.0. The molecule has 0 unspecified atom stereocenters. The van der Waals surface area contributed by atoms with E-state index >= 15 is 0 Å². The summed E-state index contributed by atoms with van der Waals surface area (Å²) in [5, 5.41) is 0. The van der Waals surface area contributed by atoms with Crippen LogP contribution in [0.1, 0.15) is 26.2 Å². The summed E-state index contributed by atoms with van der Waals surface area (Å²) in [4.78, 5) is 0. The van der Waals surface area contributed by atoms with Gasteiger partial charge in [0.2, 0.25) is 0 Å². The molecule has 0 spiro atoms. The SMILES string of the molecule is CCC1(OCCCC[Si](OC)(OC)OC)COC1. The first-order chi connectivity index (χ1) is 8.66. The standard InChI is InChI=1S/C12H26O5Si/c1-5-12(10-16-11-12)17-8-6-7-9-18(13-2,14-3)15-4/h5-11H2,1-4H3. The average molecular weight is 278 g/mol. The highest BCUT2D eigenvalue weighted by atomic mass is 28.4. The predicted octanol–water partition coefficient (Wildman–Crippen LogP) is 1.84. The average Bonchev–Trinajstić information content (AvgIpc) is 2.37. The second-order valence-electron chi connectivity index (χ2n) is 4.63. The van der Waals surface area contributed by atoms with E-state index in [0.717, 1.165) is 45.1 Å². The van der Waals surface area contributed by atoms with E-state index < -0.39 is 8.80 Å². The van der Waals surface area contributed by atoms with Gasteiger partial charge >= 0.3 is 8.80 Å². The van der Waals surface area contributed by atoms with E-state index in [1.165, 1.54) is 0 Å². The van der Waals surface area contributed by atoms with Gasteiger partial charge in [-0.3, -0.25) is 0 Å². The largest absolute Gasteiger partial charge is 0.500 e. The molecule has 0 N–H and O–H groups in total. The second kappa shape index (κ2) is 7.57. The van der Waals surface area contributed by atoms with Crippen LogP contribution < -0.4 is 0 Å². The monoisotopic (exact) mass is 278 g/mol. The van der Waals surface area contributed by atoms with Crippen molar-refractivity contribution >= 4 is 8.80 Å². The van der Waals surface area contributed by atoms with Gasteiger partial charge in [0.15, 0.2) is 0 Å². The molecule has 1 aliphatic rings. The molecule has 1 saturated heterocycles. The number of hydrogen-bond donors (Lipinski definition) is 0. The van der Waals surface area contributed by atoms with Gasteiger partial charge in [-0.05, 0) is 19.3 Å². The number of ether oxygens (including phenoxy) is 2. The summed E-state index contributed by atoms with van der Waals surface area (Å²) >= 11 is 0. The highest BCUT2D eigenvalue weighted by molar-refractivity contribution is 6.60. The molecular formula is C12H26O5Si. The molecule has 0 aromatic rings. The molecule has 1 rings (SSSR count). The van der Waals surface area contributed by atoms with Crippen LogP contribution in [0.2, 0.25) is 6.04 Å². The molecule has 108 valence electrons. The van der Waals surface area contributed by atoms with Gasteiger partial charge in [0.25, 0.3) is 0 Å². The number of hydrogen-bond acceptors (Lipinski definition) is 5. The van der Waals surface area contributed by atoms with Crippen molar-refractivity contribution in [1.29, 1.82) is 0 Å². The van der Waals surface area contributed by atoms with Crippen molar-refractivity contribution in [2.45, 2.75) is 37.8 Å². The molecule has 1 fully saturated rings. The summed E-state index contributed by atoms with van der Waals surface area (Å²) in [7, 11) is 2.54. The number of rotatable bonds is 10. The van der Waals surface area contributed by atoms with Crippen molar-refractivity contribution < 1.29 is 22.8 Å². The maximum atomic E-state index is 5.90. The third kappa shape index (κ3) is 4.01. The fraction of sp³-hybridized carbons (Fsp3) is 1.00. The molecular weight excluding hydrogens is 252 g/mol. The van der Waals surface area contributed by atoms with Gasteiger partial charge in [0.05, 0.1) is 13.2 Å². The van der Waals surface area contributed by atoms with Crippen molar-refractivity contribution in [3.05, 3.63) is 0 Å². The van der Waals surface area contributed by atoms with Gasteiger partial charge in [-0.2, -0.15) is 0 Å². The minimum absolute atomic E-state index is 0.0156. The fourth-order valence-corrected chi connectivity index (χ4v) is 3.80. The van der Waals surface area contributed by atoms with E-state index in [9.17, 15) is 0 Å². The first-order valence-corrected chi connectivity index (χ1v) is 8.46. The zero-order chi connectivity index (χ0) is 13.5. The third-order valence-electron chi connectivity index (χ3n) is 3.59. The summed E-state index contributed by atoms with van der Waals surface area (Å²) in [5.41, 5.74) is -0.0156. The Labute approximate surface area is 111 Å². The topological polar surface area (TPSA) is 46.2 Å². The Morgan fingerprint density at radius 3 is 2.06 bits per heavy atom. The summed E-state index contributed by atoms with van der Waals surface area (Å²) < 4.78 is 27.2. The lowest BCUT2D eigenvalue weighted by Gasteiger charge is -2.40. The van der Waals surface area contributed by atoms with Crippen LogP contribution in [0.25, 0.3) is 0 Å². The second-order valence-corrected chi connectivity index (χ2v) is 7.72. The summed E-state index contributed by atoms with van der Waals surface area (Å²) in [6.07, 6.45) is 2.99. The lowest BCUT2D eigenvalue weighted by molar-refractivity contribution is -0.210. The van der Waals surface area contributed by atoms with Crippen LogP contribution in [0.15, 0.2) is 0 Å². The van der Waals surface area contributed by atoms with E-state index in [1.807, 2.05) is 0 Å². The summed E-state index contributed by atoms with van der Waals surface area (Å²) in [5.74, 6) is 0. The van der Waals surface area contributed by atoms with Crippen LogP contribution in [-0.2, 0) is 22.8 Å². The Morgan fingerprint density at radius 1 is 1.06 bits per heavy atom. The van der Waals surface area contributed by atoms with Crippen molar-refractivity contribution in [2.24, 2.45) is 0 Å². The fourth-order valence-electron chi connectivity index (χ4n) is 2.01. The molecule has 0 atom stereocenters. The Kier molecular flexibility index (Phi) is 6.76. The molecule has 0 aromatic heterocycles. The van der Waals surface area contributed by atoms with Crippen molar-refractivity contribution in [1.82, 2.24) is 0 Å². The Morgan fingerprint density at radius 2 is 1.67 bits per heavy atom. The van der Waals surface area contributed by atoms with Crippen LogP contribution in [0.4, 0.5) is 0 Å². The smallest absolute Gasteiger partial charge is 0.377 e. The maximum Gasteiger partial charge on any atom is 0.500 e. The van der Waals surface area contributed by atoms with Gasteiger partial charge < -0.3 is 22.8 Å². The quantitative estimate of drug-likeness (QED) is 0.451. The first kappa shape index (κ1) is 16.1. The van der Waals surface area contributed by atoms with Crippen LogP contribution in [0, 0.1) is 0 Å². The molecule has 0 aliphatic carbocycles. The molecule has 1 aliphatic heterocycles. The number of unbranched alkanes of at least 4 members (excludes halogenated alkanes) is 1. The van der Waals surface area contributed by atoms with E-state index in [4.69, 9.17) is 22.8 Å². The van der Waals surface area contributed by atoms with Crippen LogP contribution in [0.5, 0.6) is 0 Å². The molecule has 0 radical (unpaired) electrons. The van der Waals surface area contributed by atoms with Crippen molar-refractivity contribution in [3.8, 4) is 0 Å². The van der Waals surface area contributed by atoms with Gasteiger partial charge in [-0.1, -0.05) is 6.92 Å². The van der Waals surface area contributed by atoms with Crippen LogP contribution in [-0.4, -0.2) is 55.6 Å². The third-order valence-corrected chi connectivity index (χ3v) is 6.43. The first-order valence-electron chi connectivity index (χ1n) is 6.53. The zero-order valence-electron chi connectivity index (χ0n) is 12.0. The molecule has 0 aromatic carbocycles.